The van der Waals surface area contributed by atoms with Crippen molar-refractivity contribution in [3.8, 4) is 5.75 Å². The van der Waals surface area contributed by atoms with Gasteiger partial charge in [-0.1, -0.05) is 18.5 Å². The molecule has 0 aromatic heterocycles. The summed E-state index contributed by atoms with van der Waals surface area (Å²) >= 11 is 5.43. The second-order valence-electron chi connectivity index (χ2n) is 2.92. The lowest BCUT2D eigenvalue weighted by Crippen LogP contribution is -2.13. The molecule has 0 aliphatic carbocycles. The largest absolute Gasteiger partial charge is 0.382 e. The molecular weight excluding hydrogens is 243 g/mol. The molecule has 3 nitrogen and oxygen atoms in total. The first-order valence-electron chi connectivity index (χ1n) is 4.32. The molecule has 0 aliphatic heterocycles. The van der Waals surface area contributed by atoms with E-state index >= 15 is 0 Å². The number of hydrogen-bond acceptors (Lipinski definition) is 3. The van der Waals surface area contributed by atoms with Crippen LogP contribution in [0.15, 0.2) is 18.2 Å². The predicted molar refractivity (Wildman–Crippen MR) is 56.1 cm³/mol. The Hall–Kier alpha value is -0.810. The highest BCUT2D eigenvalue weighted by molar-refractivity contribution is 7.87. The van der Waals surface area contributed by atoms with E-state index in [-0.39, 0.29) is 16.5 Å². The molecule has 0 unspecified atom stereocenters. The first kappa shape index (κ1) is 12.3. The maximum atomic E-state index is 12.9. The minimum Gasteiger partial charge on any atom is -0.382 e. The van der Waals surface area contributed by atoms with Gasteiger partial charge in [-0.15, -0.1) is 0 Å². The van der Waals surface area contributed by atoms with Crippen LogP contribution in [0.5, 0.6) is 5.75 Å². The van der Waals surface area contributed by atoms with E-state index in [2.05, 4.69) is 4.18 Å². The van der Waals surface area contributed by atoms with Gasteiger partial charge in [-0.25, -0.2) is 4.39 Å². The fraction of sp³-hybridized carbons (Fsp3) is 0.333. The van der Waals surface area contributed by atoms with Crippen LogP contribution in [-0.2, 0) is 10.1 Å². The van der Waals surface area contributed by atoms with Gasteiger partial charge in [0.05, 0.1) is 10.8 Å². The van der Waals surface area contributed by atoms with Crippen molar-refractivity contribution < 1.29 is 17.0 Å². The molecule has 0 aliphatic rings. The van der Waals surface area contributed by atoms with Gasteiger partial charge < -0.3 is 4.18 Å². The molecule has 0 fully saturated rings. The Labute approximate surface area is 92.9 Å². The van der Waals surface area contributed by atoms with Crippen molar-refractivity contribution in [2.75, 3.05) is 5.75 Å². The molecule has 0 N–H and O–H groups in total. The van der Waals surface area contributed by atoms with Gasteiger partial charge in [-0.3, -0.25) is 0 Å². The second kappa shape index (κ2) is 4.81. The molecule has 1 rings (SSSR count). The number of rotatable bonds is 4. The summed E-state index contributed by atoms with van der Waals surface area (Å²) < 4.78 is 40.0. The van der Waals surface area contributed by atoms with Gasteiger partial charge in [0.1, 0.15) is 11.6 Å². The third-order valence-electron chi connectivity index (χ3n) is 1.57. The summed E-state index contributed by atoms with van der Waals surface area (Å²) in [5.41, 5.74) is 0. The zero-order valence-electron chi connectivity index (χ0n) is 8.04. The van der Waals surface area contributed by atoms with E-state index < -0.39 is 15.9 Å². The minimum absolute atomic E-state index is 0.0645. The first-order chi connectivity index (χ1) is 6.94. The second-order valence-corrected chi connectivity index (χ2v) is 5.02. The van der Waals surface area contributed by atoms with E-state index in [1.807, 2.05) is 0 Å². The molecule has 0 bridgehead atoms. The standard InChI is InChI=1S/C9H10ClFO3S/c1-2-5-15(12,13)14-7-3-4-8(10)9(11)6-7/h3-4,6H,2,5H2,1H3. The van der Waals surface area contributed by atoms with E-state index in [0.717, 1.165) is 6.07 Å². The van der Waals surface area contributed by atoms with Crippen molar-refractivity contribution in [2.45, 2.75) is 13.3 Å². The third-order valence-corrected chi connectivity index (χ3v) is 3.23. The fourth-order valence-electron chi connectivity index (χ4n) is 0.967. The molecule has 0 atom stereocenters. The lowest BCUT2D eigenvalue weighted by atomic mass is 10.3. The van der Waals surface area contributed by atoms with Crippen LogP contribution in [0.2, 0.25) is 5.02 Å². The summed E-state index contributed by atoms with van der Waals surface area (Å²) in [5.74, 6) is -0.872. The topological polar surface area (TPSA) is 43.4 Å². The smallest absolute Gasteiger partial charge is 0.309 e. The molecule has 1 aromatic carbocycles. The van der Waals surface area contributed by atoms with Crippen molar-refractivity contribution in [3.63, 3.8) is 0 Å². The molecular formula is C9H10ClFO3S. The van der Waals surface area contributed by atoms with Gasteiger partial charge in [-0.2, -0.15) is 8.42 Å². The summed E-state index contributed by atoms with van der Waals surface area (Å²) in [4.78, 5) is 0. The van der Waals surface area contributed by atoms with Crippen LogP contribution < -0.4 is 4.18 Å². The molecule has 0 amide bonds. The number of hydrogen-bond donors (Lipinski definition) is 0. The van der Waals surface area contributed by atoms with Gasteiger partial charge in [0.2, 0.25) is 0 Å². The van der Waals surface area contributed by atoms with Crippen molar-refractivity contribution in [1.82, 2.24) is 0 Å². The Morgan fingerprint density at radius 1 is 1.47 bits per heavy atom. The van der Waals surface area contributed by atoms with Crippen LogP contribution in [0.1, 0.15) is 13.3 Å². The summed E-state index contributed by atoms with van der Waals surface area (Å²) in [6, 6.07) is 3.49. The van der Waals surface area contributed by atoms with E-state index in [9.17, 15) is 12.8 Å². The highest BCUT2D eigenvalue weighted by Crippen LogP contribution is 2.21. The van der Waals surface area contributed by atoms with Crippen LogP contribution in [0.4, 0.5) is 4.39 Å². The number of benzene rings is 1. The zero-order valence-corrected chi connectivity index (χ0v) is 9.61. The lowest BCUT2D eigenvalue weighted by Gasteiger charge is -2.05. The Morgan fingerprint density at radius 3 is 2.67 bits per heavy atom. The quantitative estimate of drug-likeness (QED) is 0.774. The van der Waals surface area contributed by atoms with E-state index in [1.165, 1.54) is 12.1 Å². The van der Waals surface area contributed by atoms with Crippen LogP contribution >= 0.6 is 11.6 Å². The molecule has 0 heterocycles. The zero-order chi connectivity index (χ0) is 11.5. The predicted octanol–water partition coefficient (Wildman–Crippen LogP) is 2.60. The summed E-state index contributed by atoms with van der Waals surface area (Å²) in [7, 11) is -3.62. The highest BCUT2D eigenvalue weighted by atomic mass is 35.5. The SMILES string of the molecule is CCCS(=O)(=O)Oc1ccc(Cl)c(F)c1. The maximum Gasteiger partial charge on any atom is 0.309 e. The highest BCUT2D eigenvalue weighted by Gasteiger charge is 2.12. The van der Waals surface area contributed by atoms with Crippen molar-refractivity contribution in [3.05, 3.63) is 29.0 Å². The molecule has 0 saturated carbocycles. The Bertz CT molecular complexity index is 445. The van der Waals surface area contributed by atoms with Crippen molar-refractivity contribution in [1.29, 1.82) is 0 Å². The van der Waals surface area contributed by atoms with E-state index in [1.54, 1.807) is 6.92 Å². The lowest BCUT2D eigenvalue weighted by molar-refractivity contribution is 0.482. The Morgan fingerprint density at radius 2 is 2.13 bits per heavy atom. The van der Waals surface area contributed by atoms with Gasteiger partial charge >= 0.3 is 10.1 Å². The monoisotopic (exact) mass is 252 g/mol. The normalized spacial score (nSPS) is 11.4. The van der Waals surface area contributed by atoms with Crippen LogP contribution in [0.25, 0.3) is 0 Å². The molecule has 0 saturated heterocycles. The van der Waals surface area contributed by atoms with Gasteiger partial charge in [0.15, 0.2) is 0 Å². The molecule has 84 valence electrons. The molecule has 0 spiro atoms. The number of halogens is 2. The third kappa shape index (κ3) is 3.68. The average molecular weight is 253 g/mol. The molecule has 1 aromatic rings. The summed E-state index contributed by atoms with van der Waals surface area (Å²) in [6.07, 6.45) is 0.443. The molecule has 0 radical (unpaired) electrons. The van der Waals surface area contributed by atoms with E-state index in [4.69, 9.17) is 11.6 Å². The fourth-order valence-corrected chi connectivity index (χ4v) is 2.06. The van der Waals surface area contributed by atoms with E-state index in [0.29, 0.717) is 6.42 Å². The van der Waals surface area contributed by atoms with Crippen molar-refractivity contribution >= 4 is 21.7 Å². The average Bonchev–Trinajstić information content (AvgIpc) is 2.10. The molecule has 6 heteroatoms. The van der Waals surface area contributed by atoms with Crippen LogP contribution in [0.3, 0.4) is 0 Å². The Kier molecular flexibility index (Phi) is 3.93. The van der Waals surface area contributed by atoms with Crippen LogP contribution in [-0.4, -0.2) is 14.2 Å². The summed E-state index contributed by atoms with van der Waals surface area (Å²) in [5, 5.41) is -0.0739. The van der Waals surface area contributed by atoms with Gasteiger partial charge in [0, 0.05) is 6.07 Å². The minimum atomic E-state index is -3.62. The van der Waals surface area contributed by atoms with Crippen LogP contribution in [0, 0.1) is 5.82 Å². The Balaban J connectivity index is 2.86. The van der Waals surface area contributed by atoms with Gasteiger partial charge in [0.25, 0.3) is 0 Å². The maximum absolute atomic E-state index is 12.9. The first-order valence-corrected chi connectivity index (χ1v) is 6.27. The molecule has 15 heavy (non-hydrogen) atoms. The van der Waals surface area contributed by atoms with Crippen molar-refractivity contribution in [2.24, 2.45) is 0 Å². The van der Waals surface area contributed by atoms with Gasteiger partial charge in [-0.05, 0) is 18.6 Å². The summed E-state index contributed by atoms with van der Waals surface area (Å²) in [6.45, 7) is 1.71.